The normalized spacial score (nSPS) is 15.2. The van der Waals surface area contributed by atoms with Crippen molar-refractivity contribution >= 4 is 21.6 Å². The fourth-order valence-electron chi connectivity index (χ4n) is 1.98. The quantitative estimate of drug-likeness (QED) is 0.660. The summed E-state index contributed by atoms with van der Waals surface area (Å²) in [6, 6.07) is 7.68. The van der Waals surface area contributed by atoms with Gasteiger partial charge in [-0.2, -0.15) is 0 Å². The van der Waals surface area contributed by atoms with Gasteiger partial charge >= 0.3 is 0 Å². The number of rotatable bonds is 10. The summed E-state index contributed by atoms with van der Waals surface area (Å²) in [6.45, 7) is 6.88. The van der Waals surface area contributed by atoms with Crippen molar-refractivity contribution in [1.29, 1.82) is 0 Å². The van der Waals surface area contributed by atoms with Crippen LogP contribution in [-0.2, 0) is 33.1 Å². The molecule has 0 saturated carbocycles. The molecule has 0 aliphatic heterocycles. The Kier molecular flexibility index (Phi) is 8.26. The summed E-state index contributed by atoms with van der Waals surface area (Å²) < 4.78 is 24.1. The third-order valence-corrected chi connectivity index (χ3v) is 6.19. The molecule has 1 rings (SSSR count). The van der Waals surface area contributed by atoms with E-state index >= 15 is 0 Å². The molecule has 4 nitrogen and oxygen atoms in total. The molecule has 0 saturated heterocycles. The van der Waals surface area contributed by atoms with Crippen molar-refractivity contribution in [2.75, 3.05) is 11.5 Å². The Balaban J connectivity index is 2.45. The van der Waals surface area contributed by atoms with Gasteiger partial charge in [-0.05, 0) is 51.7 Å². The molecule has 0 aliphatic rings. The van der Waals surface area contributed by atoms with Crippen LogP contribution < -0.4 is 0 Å². The van der Waals surface area contributed by atoms with E-state index in [0.717, 1.165) is 11.1 Å². The first-order valence-corrected chi connectivity index (χ1v) is 11.1. The summed E-state index contributed by atoms with van der Waals surface area (Å²) in [4.78, 5) is 0. The van der Waals surface area contributed by atoms with Gasteiger partial charge in [-0.1, -0.05) is 24.3 Å². The lowest BCUT2D eigenvalue weighted by molar-refractivity contribution is 0.0769. The van der Waals surface area contributed by atoms with Crippen molar-refractivity contribution in [3.8, 4) is 0 Å². The minimum Gasteiger partial charge on any atom is -0.390 e. The average molecular weight is 375 g/mol. The lowest BCUT2D eigenvalue weighted by Crippen LogP contribution is -2.22. The Bertz CT molecular complexity index is 503. The van der Waals surface area contributed by atoms with Gasteiger partial charge in [0.2, 0.25) is 0 Å². The smallest absolute Gasteiger partial charge is 0.0600 e. The number of aliphatic hydroxyl groups is 2. The van der Waals surface area contributed by atoms with Crippen molar-refractivity contribution in [3.05, 3.63) is 35.4 Å². The van der Waals surface area contributed by atoms with E-state index in [1.54, 1.807) is 27.7 Å². The van der Waals surface area contributed by atoms with Crippen LogP contribution in [0.4, 0.5) is 0 Å². The zero-order valence-electron chi connectivity index (χ0n) is 15.1. The van der Waals surface area contributed by atoms with E-state index in [-0.39, 0.29) is 0 Å². The third-order valence-electron chi connectivity index (χ3n) is 3.56. The van der Waals surface area contributed by atoms with Gasteiger partial charge in [0.25, 0.3) is 0 Å². The lowest BCUT2D eigenvalue weighted by Gasteiger charge is -2.16. The minimum atomic E-state index is -0.996. The first-order valence-electron chi connectivity index (χ1n) is 8.17. The van der Waals surface area contributed by atoms with Gasteiger partial charge in [0.1, 0.15) is 0 Å². The Labute approximate surface area is 150 Å². The van der Waals surface area contributed by atoms with Crippen LogP contribution in [0.15, 0.2) is 24.3 Å². The highest BCUT2D eigenvalue weighted by Crippen LogP contribution is 2.14. The SMILES string of the molecule is CC(C)(O)CCS(=O)Cc1ccc(CS(=O)CCC(C)(C)O)cc1. The van der Waals surface area contributed by atoms with Crippen LogP contribution >= 0.6 is 0 Å². The van der Waals surface area contributed by atoms with Gasteiger partial charge in [-0.15, -0.1) is 0 Å². The first kappa shape index (κ1) is 21.5. The Morgan fingerprint density at radius 3 is 1.29 bits per heavy atom. The molecule has 0 amide bonds. The molecular formula is C18H30O4S2. The van der Waals surface area contributed by atoms with Gasteiger partial charge in [0.05, 0.1) is 11.2 Å². The molecule has 0 fully saturated rings. The molecule has 1 aromatic carbocycles. The summed E-state index contributed by atoms with van der Waals surface area (Å²) in [5.74, 6) is 1.90. The predicted octanol–water partition coefficient (Wildman–Crippen LogP) is 2.51. The summed E-state index contributed by atoms with van der Waals surface area (Å²) >= 11 is 0. The highest BCUT2D eigenvalue weighted by atomic mass is 32.2. The zero-order chi connectivity index (χ0) is 18.4. The molecule has 1 aromatic rings. The Morgan fingerprint density at radius 1 is 0.750 bits per heavy atom. The largest absolute Gasteiger partial charge is 0.390 e. The van der Waals surface area contributed by atoms with Gasteiger partial charge in [0.15, 0.2) is 0 Å². The van der Waals surface area contributed by atoms with Crippen LogP contribution in [0.2, 0.25) is 0 Å². The van der Waals surface area contributed by atoms with E-state index in [2.05, 4.69) is 0 Å². The molecule has 0 spiro atoms. The molecule has 24 heavy (non-hydrogen) atoms. The molecular weight excluding hydrogens is 344 g/mol. The van der Waals surface area contributed by atoms with Gasteiger partial charge < -0.3 is 10.2 Å². The van der Waals surface area contributed by atoms with Gasteiger partial charge in [0, 0.05) is 44.6 Å². The fraction of sp³-hybridized carbons (Fsp3) is 0.667. The van der Waals surface area contributed by atoms with E-state index in [1.165, 1.54) is 0 Å². The Morgan fingerprint density at radius 2 is 1.04 bits per heavy atom. The van der Waals surface area contributed by atoms with Crippen molar-refractivity contribution in [2.24, 2.45) is 0 Å². The second kappa shape index (κ2) is 9.22. The van der Waals surface area contributed by atoms with Crippen LogP contribution in [0.25, 0.3) is 0 Å². The van der Waals surface area contributed by atoms with Crippen LogP contribution in [-0.4, -0.2) is 41.3 Å². The van der Waals surface area contributed by atoms with E-state index in [0.29, 0.717) is 35.9 Å². The number of hydrogen-bond donors (Lipinski definition) is 2. The zero-order valence-corrected chi connectivity index (χ0v) is 16.7. The van der Waals surface area contributed by atoms with E-state index in [4.69, 9.17) is 0 Å². The molecule has 2 unspecified atom stereocenters. The second-order valence-corrected chi connectivity index (χ2v) is 10.7. The molecule has 2 N–H and O–H groups in total. The fourth-order valence-corrected chi connectivity index (χ4v) is 4.85. The lowest BCUT2D eigenvalue weighted by atomic mass is 10.1. The minimum absolute atomic E-state index is 0.470. The molecule has 0 heterocycles. The summed E-state index contributed by atoms with van der Waals surface area (Å²) in [5.41, 5.74) is 0.393. The Hall–Kier alpha value is -0.560. The average Bonchev–Trinajstić information content (AvgIpc) is 2.44. The van der Waals surface area contributed by atoms with Crippen molar-refractivity contribution < 1.29 is 18.6 Å². The van der Waals surface area contributed by atoms with E-state index in [9.17, 15) is 18.6 Å². The summed E-state index contributed by atoms with van der Waals surface area (Å²) in [5, 5.41) is 19.3. The van der Waals surface area contributed by atoms with E-state index in [1.807, 2.05) is 24.3 Å². The third kappa shape index (κ3) is 10.3. The van der Waals surface area contributed by atoms with Gasteiger partial charge in [-0.3, -0.25) is 8.42 Å². The maximum Gasteiger partial charge on any atom is 0.0600 e. The summed E-state index contributed by atoms with van der Waals surface area (Å²) in [7, 11) is -1.99. The molecule has 0 bridgehead atoms. The maximum absolute atomic E-state index is 12.0. The monoisotopic (exact) mass is 374 g/mol. The van der Waals surface area contributed by atoms with Crippen LogP contribution in [0.1, 0.15) is 51.7 Å². The molecule has 0 radical (unpaired) electrons. The predicted molar refractivity (Wildman–Crippen MR) is 102 cm³/mol. The van der Waals surface area contributed by atoms with Crippen LogP contribution in [0.3, 0.4) is 0 Å². The highest BCUT2D eigenvalue weighted by molar-refractivity contribution is 7.84. The summed E-state index contributed by atoms with van der Waals surface area (Å²) in [6.07, 6.45) is 1.02. The van der Waals surface area contributed by atoms with Crippen molar-refractivity contribution in [1.82, 2.24) is 0 Å². The molecule has 0 aromatic heterocycles. The standard InChI is InChI=1S/C18H30O4S2/c1-17(2,19)9-11-23(21)13-15-5-7-16(8-6-15)14-24(22)12-10-18(3,4)20/h5-8,19-20H,9-14H2,1-4H3. The van der Waals surface area contributed by atoms with Crippen LogP contribution in [0, 0.1) is 0 Å². The number of benzene rings is 1. The molecule has 0 aliphatic carbocycles. The molecule has 138 valence electrons. The van der Waals surface area contributed by atoms with Crippen molar-refractivity contribution in [2.45, 2.75) is 63.2 Å². The van der Waals surface area contributed by atoms with Gasteiger partial charge in [-0.25, -0.2) is 0 Å². The second-order valence-electron chi connectivity index (χ2n) is 7.52. The maximum atomic E-state index is 12.0. The molecule has 6 heteroatoms. The van der Waals surface area contributed by atoms with E-state index < -0.39 is 32.8 Å². The van der Waals surface area contributed by atoms with Crippen LogP contribution in [0.5, 0.6) is 0 Å². The van der Waals surface area contributed by atoms with Crippen molar-refractivity contribution in [3.63, 3.8) is 0 Å². The molecule has 2 atom stereocenters. The topological polar surface area (TPSA) is 74.6 Å². The highest BCUT2D eigenvalue weighted by Gasteiger charge is 2.15. The first-order chi connectivity index (χ1) is 10.9. The number of hydrogen-bond acceptors (Lipinski definition) is 4.